The standard InChI is InChI=1S/C14H11BrFNO2/c1-17(10-5-2-4-9(16)8-10)12-7-3-6-11(15)13(12)14(18)19/h2-8H,1H3,(H,18,19). The highest BCUT2D eigenvalue weighted by molar-refractivity contribution is 9.10. The Kier molecular flexibility index (Phi) is 3.85. The fourth-order valence-corrected chi connectivity index (χ4v) is 2.35. The van der Waals surface area contributed by atoms with Crippen molar-refractivity contribution in [2.75, 3.05) is 11.9 Å². The zero-order valence-corrected chi connectivity index (χ0v) is 11.7. The van der Waals surface area contributed by atoms with Crippen molar-refractivity contribution in [1.82, 2.24) is 0 Å². The highest BCUT2D eigenvalue weighted by Crippen LogP contribution is 2.31. The van der Waals surface area contributed by atoms with Gasteiger partial charge in [0.15, 0.2) is 0 Å². The van der Waals surface area contributed by atoms with Gasteiger partial charge in [0.1, 0.15) is 5.82 Å². The molecule has 0 amide bonds. The molecule has 0 heterocycles. The maximum atomic E-state index is 13.2. The van der Waals surface area contributed by atoms with E-state index in [0.29, 0.717) is 15.8 Å². The molecule has 0 aliphatic carbocycles. The number of hydrogen-bond donors (Lipinski definition) is 1. The van der Waals surface area contributed by atoms with E-state index in [1.54, 1.807) is 42.3 Å². The summed E-state index contributed by atoms with van der Waals surface area (Å²) in [7, 11) is 1.70. The van der Waals surface area contributed by atoms with Crippen molar-refractivity contribution in [2.45, 2.75) is 0 Å². The quantitative estimate of drug-likeness (QED) is 0.926. The Morgan fingerprint density at radius 1 is 1.26 bits per heavy atom. The lowest BCUT2D eigenvalue weighted by molar-refractivity contribution is 0.0696. The molecule has 0 aliphatic heterocycles. The number of hydrogen-bond acceptors (Lipinski definition) is 2. The van der Waals surface area contributed by atoms with Crippen molar-refractivity contribution in [1.29, 1.82) is 0 Å². The summed E-state index contributed by atoms with van der Waals surface area (Å²) in [5, 5.41) is 9.27. The smallest absolute Gasteiger partial charge is 0.338 e. The minimum atomic E-state index is -1.04. The molecule has 0 fully saturated rings. The average molecular weight is 324 g/mol. The van der Waals surface area contributed by atoms with Crippen molar-refractivity contribution in [3.05, 3.63) is 58.3 Å². The summed E-state index contributed by atoms with van der Waals surface area (Å²) in [4.78, 5) is 13.0. The van der Waals surface area contributed by atoms with Gasteiger partial charge in [0, 0.05) is 17.2 Å². The van der Waals surface area contributed by atoms with Gasteiger partial charge in [-0.2, -0.15) is 0 Å². The van der Waals surface area contributed by atoms with Gasteiger partial charge in [0.25, 0.3) is 0 Å². The number of carbonyl (C=O) groups is 1. The van der Waals surface area contributed by atoms with Crippen LogP contribution in [0.25, 0.3) is 0 Å². The molecule has 0 saturated heterocycles. The molecule has 0 aromatic heterocycles. The molecular weight excluding hydrogens is 313 g/mol. The van der Waals surface area contributed by atoms with E-state index in [4.69, 9.17) is 0 Å². The van der Waals surface area contributed by atoms with Crippen LogP contribution in [-0.2, 0) is 0 Å². The van der Waals surface area contributed by atoms with Gasteiger partial charge in [-0.15, -0.1) is 0 Å². The van der Waals surface area contributed by atoms with E-state index in [-0.39, 0.29) is 11.4 Å². The Labute approximate surface area is 118 Å². The number of carboxylic acid groups (broad SMARTS) is 1. The molecule has 98 valence electrons. The third-order valence-electron chi connectivity index (χ3n) is 2.76. The summed E-state index contributed by atoms with van der Waals surface area (Å²) in [6, 6.07) is 11.1. The van der Waals surface area contributed by atoms with Gasteiger partial charge in [-0.3, -0.25) is 0 Å². The zero-order chi connectivity index (χ0) is 14.0. The van der Waals surface area contributed by atoms with Gasteiger partial charge in [0.2, 0.25) is 0 Å². The van der Waals surface area contributed by atoms with Crippen molar-refractivity contribution < 1.29 is 14.3 Å². The lowest BCUT2D eigenvalue weighted by atomic mass is 10.1. The maximum Gasteiger partial charge on any atom is 0.338 e. The Morgan fingerprint density at radius 2 is 1.95 bits per heavy atom. The van der Waals surface area contributed by atoms with Crippen molar-refractivity contribution in [3.8, 4) is 0 Å². The predicted octanol–water partition coefficient (Wildman–Crippen LogP) is 4.05. The minimum absolute atomic E-state index is 0.147. The number of halogens is 2. The van der Waals surface area contributed by atoms with Crippen LogP contribution in [-0.4, -0.2) is 18.1 Å². The first-order valence-electron chi connectivity index (χ1n) is 5.52. The number of carboxylic acids is 1. The summed E-state index contributed by atoms with van der Waals surface area (Å²) < 4.78 is 13.7. The largest absolute Gasteiger partial charge is 0.478 e. The van der Waals surface area contributed by atoms with E-state index in [1.165, 1.54) is 12.1 Å². The minimum Gasteiger partial charge on any atom is -0.478 e. The van der Waals surface area contributed by atoms with Gasteiger partial charge >= 0.3 is 5.97 Å². The van der Waals surface area contributed by atoms with E-state index in [9.17, 15) is 14.3 Å². The number of rotatable bonds is 3. The third-order valence-corrected chi connectivity index (χ3v) is 3.42. The summed E-state index contributed by atoms with van der Waals surface area (Å²) in [6.45, 7) is 0. The summed E-state index contributed by atoms with van der Waals surface area (Å²) in [5.74, 6) is -1.40. The monoisotopic (exact) mass is 323 g/mol. The van der Waals surface area contributed by atoms with Gasteiger partial charge < -0.3 is 10.0 Å². The van der Waals surface area contributed by atoms with E-state index < -0.39 is 5.97 Å². The first-order chi connectivity index (χ1) is 9.00. The highest BCUT2D eigenvalue weighted by atomic mass is 79.9. The number of aromatic carboxylic acids is 1. The van der Waals surface area contributed by atoms with Crippen molar-refractivity contribution in [2.24, 2.45) is 0 Å². The Bertz CT molecular complexity index is 631. The Balaban J connectivity index is 2.53. The van der Waals surface area contributed by atoms with Crippen LogP contribution in [0.15, 0.2) is 46.9 Å². The molecule has 0 radical (unpaired) electrons. The maximum absolute atomic E-state index is 13.2. The zero-order valence-electron chi connectivity index (χ0n) is 10.1. The molecule has 2 aromatic carbocycles. The molecule has 19 heavy (non-hydrogen) atoms. The van der Waals surface area contributed by atoms with Crippen LogP contribution in [0.1, 0.15) is 10.4 Å². The molecule has 1 N–H and O–H groups in total. The molecule has 0 aliphatic rings. The molecule has 2 rings (SSSR count). The van der Waals surface area contributed by atoms with Crippen LogP contribution in [0.4, 0.5) is 15.8 Å². The van der Waals surface area contributed by atoms with E-state index in [2.05, 4.69) is 15.9 Å². The van der Waals surface area contributed by atoms with Crippen LogP contribution >= 0.6 is 15.9 Å². The molecule has 3 nitrogen and oxygen atoms in total. The van der Waals surface area contributed by atoms with Crippen LogP contribution < -0.4 is 4.90 Å². The summed E-state index contributed by atoms with van der Waals surface area (Å²) >= 11 is 3.22. The molecular formula is C14H11BrFNO2. The van der Waals surface area contributed by atoms with Crippen LogP contribution in [0.2, 0.25) is 0 Å². The van der Waals surface area contributed by atoms with Gasteiger partial charge in [-0.25, -0.2) is 9.18 Å². The molecule has 0 spiro atoms. The summed E-state index contributed by atoms with van der Waals surface area (Å²) in [6.07, 6.45) is 0. The molecule has 0 unspecified atom stereocenters. The van der Waals surface area contributed by atoms with E-state index >= 15 is 0 Å². The highest BCUT2D eigenvalue weighted by Gasteiger charge is 2.17. The topological polar surface area (TPSA) is 40.5 Å². The van der Waals surface area contributed by atoms with E-state index in [0.717, 1.165) is 0 Å². The second-order valence-electron chi connectivity index (χ2n) is 3.98. The van der Waals surface area contributed by atoms with Crippen LogP contribution in [0.3, 0.4) is 0 Å². The predicted molar refractivity (Wildman–Crippen MR) is 75.6 cm³/mol. The Morgan fingerprint density at radius 3 is 2.58 bits per heavy atom. The molecule has 0 bridgehead atoms. The molecule has 0 saturated carbocycles. The van der Waals surface area contributed by atoms with Crippen LogP contribution in [0, 0.1) is 5.82 Å². The fourth-order valence-electron chi connectivity index (χ4n) is 1.83. The molecule has 2 aromatic rings. The normalized spacial score (nSPS) is 10.3. The Hall–Kier alpha value is -1.88. The van der Waals surface area contributed by atoms with Gasteiger partial charge in [-0.05, 0) is 46.3 Å². The third kappa shape index (κ3) is 2.76. The first kappa shape index (κ1) is 13.5. The summed E-state index contributed by atoms with van der Waals surface area (Å²) in [5.41, 5.74) is 1.22. The fraction of sp³-hybridized carbons (Fsp3) is 0.0714. The number of benzene rings is 2. The van der Waals surface area contributed by atoms with E-state index in [1.807, 2.05) is 0 Å². The van der Waals surface area contributed by atoms with Crippen LogP contribution in [0.5, 0.6) is 0 Å². The van der Waals surface area contributed by atoms with Crippen molar-refractivity contribution >= 4 is 33.3 Å². The SMILES string of the molecule is CN(c1cccc(F)c1)c1cccc(Br)c1C(=O)O. The average Bonchev–Trinajstić information content (AvgIpc) is 2.37. The van der Waals surface area contributed by atoms with Crippen molar-refractivity contribution in [3.63, 3.8) is 0 Å². The lowest BCUT2D eigenvalue weighted by Gasteiger charge is -2.22. The number of anilines is 2. The second-order valence-corrected chi connectivity index (χ2v) is 4.83. The second kappa shape index (κ2) is 5.40. The van der Waals surface area contributed by atoms with Gasteiger partial charge in [0.05, 0.1) is 11.3 Å². The number of nitrogens with zero attached hydrogens (tertiary/aromatic N) is 1. The van der Waals surface area contributed by atoms with Gasteiger partial charge in [-0.1, -0.05) is 12.1 Å². The lowest BCUT2D eigenvalue weighted by Crippen LogP contribution is -2.14. The molecule has 0 atom stereocenters. The molecule has 5 heteroatoms. The first-order valence-corrected chi connectivity index (χ1v) is 6.31.